The first-order valence-electron chi connectivity index (χ1n) is 15.8. The second-order valence-corrected chi connectivity index (χ2v) is 12.8. The number of benzene rings is 2. The number of aromatic amines is 1. The third-order valence-electron chi connectivity index (χ3n) is 9.31. The number of hydrogen-bond acceptors (Lipinski definition) is 7. The van der Waals surface area contributed by atoms with E-state index in [1.807, 2.05) is 29.4 Å². The van der Waals surface area contributed by atoms with Gasteiger partial charge in [-0.2, -0.15) is 18.3 Å². The molecule has 9 nitrogen and oxygen atoms in total. The molecule has 248 valence electrons. The van der Waals surface area contributed by atoms with Crippen molar-refractivity contribution in [2.75, 3.05) is 19.7 Å². The van der Waals surface area contributed by atoms with E-state index in [1.165, 1.54) is 6.07 Å². The van der Waals surface area contributed by atoms with Crippen LogP contribution in [0.25, 0.3) is 28.6 Å². The second-order valence-electron chi connectivity index (χ2n) is 12.4. The number of H-pyrrole nitrogens is 1. The molecule has 48 heavy (non-hydrogen) atoms. The van der Waals surface area contributed by atoms with Gasteiger partial charge in [0.1, 0.15) is 29.2 Å². The molecule has 2 saturated heterocycles. The molecule has 8 rings (SSSR count). The van der Waals surface area contributed by atoms with E-state index in [9.17, 15) is 17.6 Å². The number of halogens is 5. The number of likely N-dealkylation sites (tertiary alicyclic amines) is 1. The molecule has 6 heterocycles. The number of alkyl halides is 3. The minimum atomic E-state index is -4.64. The molecule has 0 spiro atoms. The minimum absolute atomic E-state index is 0.0670. The minimum Gasteiger partial charge on any atom is -0.481 e. The Bertz CT molecular complexity index is 2010. The van der Waals surface area contributed by atoms with Crippen molar-refractivity contribution in [3.63, 3.8) is 0 Å². The molecule has 2 aromatic carbocycles. The summed E-state index contributed by atoms with van der Waals surface area (Å²) >= 11 is 5.98. The molecule has 0 bridgehead atoms. The number of nitrogens with one attached hydrogen (secondary N) is 1. The van der Waals surface area contributed by atoms with Gasteiger partial charge < -0.3 is 14.0 Å². The highest BCUT2D eigenvalue weighted by Gasteiger charge is 2.36. The van der Waals surface area contributed by atoms with Gasteiger partial charge in [0, 0.05) is 22.8 Å². The molecule has 0 saturated carbocycles. The molecule has 1 N–H and O–H groups in total. The summed E-state index contributed by atoms with van der Waals surface area (Å²) in [4.78, 5) is 15.2. The van der Waals surface area contributed by atoms with Crippen molar-refractivity contribution >= 4 is 28.7 Å². The molecule has 14 heteroatoms. The van der Waals surface area contributed by atoms with E-state index in [4.69, 9.17) is 26.1 Å². The first-order chi connectivity index (χ1) is 23.2. The predicted octanol–water partition coefficient (Wildman–Crippen LogP) is 7.34. The number of imidazole rings is 1. The highest BCUT2D eigenvalue weighted by molar-refractivity contribution is 6.30. The van der Waals surface area contributed by atoms with Gasteiger partial charge in [0.2, 0.25) is 5.82 Å². The first-order valence-corrected chi connectivity index (χ1v) is 16.2. The average molecular weight is 680 g/mol. The van der Waals surface area contributed by atoms with Crippen LogP contribution < -0.4 is 4.74 Å². The molecule has 0 aliphatic carbocycles. The summed E-state index contributed by atoms with van der Waals surface area (Å²) in [5, 5.41) is 6.01. The van der Waals surface area contributed by atoms with Crippen LogP contribution in [0, 0.1) is 5.82 Å². The standard InChI is InChI=1S/C34H30ClF4N7O2/c35-21-5-6-24(25(36)14-21)29-7-4-20-2-1-3-23(31(20)48-29)19-8-11-45(12-9-19)18-30-41-26-15-27(32-42-33(44-43-32)34(37,38)39)40-16-28(26)46(30)17-22-10-13-47-22/h1-7,14-16,19,22,29H,8-13,17-18H2,(H,42,43,44)/t22-,29+/m0/s1. The van der Waals surface area contributed by atoms with E-state index in [0.717, 1.165) is 60.6 Å². The van der Waals surface area contributed by atoms with Crippen molar-refractivity contribution in [2.45, 2.75) is 56.7 Å². The van der Waals surface area contributed by atoms with Gasteiger partial charge in [0.25, 0.3) is 0 Å². The monoisotopic (exact) mass is 679 g/mol. The van der Waals surface area contributed by atoms with Crippen molar-refractivity contribution in [1.82, 2.24) is 34.6 Å². The van der Waals surface area contributed by atoms with Crippen LogP contribution in [0.3, 0.4) is 0 Å². The summed E-state index contributed by atoms with van der Waals surface area (Å²) in [7, 11) is 0. The number of rotatable bonds is 7. The van der Waals surface area contributed by atoms with Crippen LogP contribution in [0.15, 0.2) is 54.7 Å². The Labute approximate surface area is 277 Å². The number of ether oxygens (including phenoxy) is 2. The number of aromatic nitrogens is 6. The number of pyridine rings is 1. The number of piperidine rings is 1. The van der Waals surface area contributed by atoms with E-state index in [0.29, 0.717) is 35.8 Å². The smallest absolute Gasteiger partial charge is 0.451 e. The number of fused-ring (bicyclic) bond motifs is 2. The van der Waals surface area contributed by atoms with Crippen molar-refractivity contribution in [1.29, 1.82) is 0 Å². The van der Waals surface area contributed by atoms with Gasteiger partial charge in [0.05, 0.1) is 36.4 Å². The van der Waals surface area contributed by atoms with Crippen molar-refractivity contribution in [3.05, 3.63) is 93.9 Å². The van der Waals surface area contributed by atoms with Crippen LogP contribution in [0.2, 0.25) is 5.02 Å². The molecule has 0 amide bonds. The summed E-state index contributed by atoms with van der Waals surface area (Å²) in [6, 6.07) is 12.4. The van der Waals surface area contributed by atoms with Gasteiger partial charge in [-0.3, -0.25) is 15.0 Å². The summed E-state index contributed by atoms with van der Waals surface area (Å²) < 4.78 is 68.3. The fourth-order valence-electron chi connectivity index (χ4n) is 6.68. The van der Waals surface area contributed by atoms with E-state index >= 15 is 0 Å². The summed E-state index contributed by atoms with van der Waals surface area (Å²) in [5.41, 5.74) is 4.11. The fourth-order valence-corrected chi connectivity index (χ4v) is 6.84. The Hall–Kier alpha value is -4.33. The molecule has 0 unspecified atom stereocenters. The largest absolute Gasteiger partial charge is 0.481 e. The lowest BCUT2D eigenvalue weighted by molar-refractivity contribution is -0.144. The Morgan fingerprint density at radius 1 is 1.02 bits per heavy atom. The van der Waals surface area contributed by atoms with E-state index in [2.05, 4.69) is 30.6 Å². The lowest BCUT2D eigenvalue weighted by Crippen LogP contribution is -2.35. The first kappa shape index (κ1) is 31.0. The normalized spacial score (nSPS) is 20.1. The van der Waals surface area contributed by atoms with Crippen LogP contribution in [-0.2, 0) is 24.0 Å². The lowest BCUT2D eigenvalue weighted by Gasteiger charge is -2.34. The molecule has 3 aliphatic heterocycles. The lowest BCUT2D eigenvalue weighted by atomic mass is 9.87. The van der Waals surface area contributed by atoms with Crippen LogP contribution in [0.4, 0.5) is 17.6 Å². The maximum Gasteiger partial charge on any atom is 0.451 e. The SMILES string of the molecule is Fc1cc(Cl)ccc1[C@H]1C=Cc2cccc(C3CCN(Cc4nc5cc(-c6n[nH]c(C(F)(F)F)n6)ncc5n4C[C@@H]4CCO4)CC3)c2O1. The van der Waals surface area contributed by atoms with E-state index < -0.39 is 23.9 Å². The molecule has 0 radical (unpaired) electrons. The van der Waals surface area contributed by atoms with Gasteiger partial charge in [0.15, 0.2) is 5.82 Å². The summed E-state index contributed by atoms with van der Waals surface area (Å²) in [6.45, 7) is 3.56. The van der Waals surface area contributed by atoms with Gasteiger partial charge in [-0.05, 0) is 68.1 Å². The predicted molar refractivity (Wildman–Crippen MR) is 170 cm³/mol. The van der Waals surface area contributed by atoms with Crippen molar-refractivity contribution < 1.29 is 27.0 Å². The topological polar surface area (TPSA) is 94.0 Å². The van der Waals surface area contributed by atoms with Gasteiger partial charge in [-0.1, -0.05) is 41.9 Å². The molecule has 2 atom stereocenters. The van der Waals surface area contributed by atoms with Gasteiger partial charge in [-0.15, -0.1) is 0 Å². The van der Waals surface area contributed by atoms with Crippen LogP contribution in [-0.4, -0.2) is 60.4 Å². The average Bonchev–Trinajstić information content (AvgIpc) is 3.68. The fraction of sp³-hybridized carbons (Fsp3) is 0.353. The zero-order valence-electron chi connectivity index (χ0n) is 25.6. The van der Waals surface area contributed by atoms with Gasteiger partial charge >= 0.3 is 6.18 Å². The van der Waals surface area contributed by atoms with Crippen molar-refractivity contribution in [3.8, 4) is 17.3 Å². The Balaban J connectivity index is 0.999. The zero-order chi connectivity index (χ0) is 33.0. The third-order valence-corrected chi connectivity index (χ3v) is 9.54. The second kappa shape index (κ2) is 12.3. The highest BCUT2D eigenvalue weighted by Crippen LogP contribution is 2.42. The van der Waals surface area contributed by atoms with Crippen LogP contribution in [0.5, 0.6) is 5.75 Å². The molecule has 3 aliphatic rings. The van der Waals surface area contributed by atoms with Crippen LogP contribution >= 0.6 is 11.6 Å². The Kier molecular flexibility index (Phi) is 7.92. The summed E-state index contributed by atoms with van der Waals surface area (Å²) in [5.74, 6) is 0.166. The van der Waals surface area contributed by atoms with E-state index in [-0.39, 0.29) is 23.5 Å². The summed E-state index contributed by atoms with van der Waals surface area (Å²) in [6.07, 6.45) is 3.09. The maximum atomic E-state index is 14.7. The number of nitrogens with zero attached hydrogens (tertiary/aromatic N) is 6. The quantitative estimate of drug-likeness (QED) is 0.180. The third kappa shape index (κ3) is 5.95. The zero-order valence-corrected chi connectivity index (χ0v) is 26.3. The number of hydrogen-bond donors (Lipinski definition) is 1. The maximum absolute atomic E-state index is 14.7. The molecule has 2 fully saturated rings. The van der Waals surface area contributed by atoms with Crippen molar-refractivity contribution in [2.24, 2.45) is 0 Å². The Morgan fingerprint density at radius 3 is 2.58 bits per heavy atom. The van der Waals surface area contributed by atoms with E-state index in [1.54, 1.807) is 24.4 Å². The molecular formula is C34H30ClF4N7O2. The Morgan fingerprint density at radius 2 is 1.85 bits per heavy atom. The molecule has 3 aromatic heterocycles. The highest BCUT2D eigenvalue weighted by atomic mass is 35.5. The molecule has 5 aromatic rings. The molecular weight excluding hydrogens is 650 g/mol. The number of para-hydroxylation sites is 1. The van der Waals surface area contributed by atoms with Crippen LogP contribution in [0.1, 0.15) is 59.6 Å². The van der Waals surface area contributed by atoms with Gasteiger partial charge in [-0.25, -0.2) is 14.4 Å².